The molecule has 2 N–H and O–H groups in total. The second-order valence-corrected chi connectivity index (χ2v) is 6.78. The monoisotopic (exact) mass is 309 g/mol. The van der Waals surface area contributed by atoms with Crippen molar-refractivity contribution in [3.63, 3.8) is 0 Å². The van der Waals surface area contributed by atoms with Gasteiger partial charge in [0.05, 0.1) is 6.29 Å². The molecule has 1 rings (SSSR count). The van der Waals surface area contributed by atoms with E-state index in [-0.39, 0.29) is 6.16 Å². The molecule has 0 aliphatic heterocycles. The lowest BCUT2D eigenvalue weighted by Crippen LogP contribution is -2.37. The minimum absolute atomic E-state index is 0.139. The lowest BCUT2D eigenvalue weighted by Gasteiger charge is -2.13. The molecule has 0 heterocycles. The van der Waals surface area contributed by atoms with Gasteiger partial charge in [-0.3, -0.25) is 9.36 Å². The summed E-state index contributed by atoms with van der Waals surface area (Å²) >= 11 is 0. The molecule has 1 unspecified atom stereocenters. The number of hydrogen-bond acceptors (Lipinski definition) is 2. The summed E-state index contributed by atoms with van der Waals surface area (Å²) in [5.41, 5.74) is 0.979. The number of benzene rings is 1. The Labute approximate surface area is 114 Å². The molecule has 0 saturated carbocycles. The van der Waals surface area contributed by atoms with Crippen molar-refractivity contribution in [3.8, 4) is 0 Å². The van der Waals surface area contributed by atoms with Crippen molar-refractivity contribution in [2.24, 2.45) is 0 Å². The predicted molar refractivity (Wildman–Crippen MR) is 68.5 cm³/mol. The third kappa shape index (κ3) is 6.21. The van der Waals surface area contributed by atoms with E-state index in [1.165, 1.54) is 5.32 Å². The number of hydrogen-bond donors (Lipinski definition) is 2. The molecule has 8 heteroatoms. The van der Waals surface area contributed by atoms with Crippen LogP contribution in [0.2, 0.25) is 0 Å². The van der Waals surface area contributed by atoms with Crippen LogP contribution >= 0.6 is 7.37 Å². The van der Waals surface area contributed by atoms with Crippen LogP contribution in [-0.4, -0.2) is 29.4 Å². The van der Waals surface area contributed by atoms with Crippen molar-refractivity contribution < 1.29 is 27.4 Å². The Kier molecular flexibility index (Phi) is 5.77. The molecular formula is C12H15F3NO3P. The molecule has 0 spiro atoms. The lowest BCUT2D eigenvalue weighted by atomic mass is 10.1. The fraction of sp³-hybridized carbons (Fsp3) is 0.417. The minimum Gasteiger partial charge on any atom is -0.343 e. The Morgan fingerprint density at radius 1 is 1.25 bits per heavy atom. The first kappa shape index (κ1) is 16.7. The van der Waals surface area contributed by atoms with Crippen LogP contribution in [0.1, 0.15) is 12.0 Å². The third-order valence-electron chi connectivity index (χ3n) is 2.56. The van der Waals surface area contributed by atoms with E-state index in [0.717, 1.165) is 5.56 Å². The first-order chi connectivity index (χ1) is 9.21. The molecule has 0 fully saturated rings. The zero-order valence-electron chi connectivity index (χ0n) is 10.6. The highest BCUT2D eigenvalue weighted by molar-refractivity contribution is 7.57. The summed E-state index contributed by atoms with van der Waals surface area (Å²) in [6, 6.07) is 9.21. The zero-order chi connectivity index (χ0) is 15.2. The number of nitrogens with one attached hydrogen (secondary N) is 1. The molecule has 1 aromatic carbocycles. The molecule has 112 valence electrons. The minimum atomic E-state index is -5.04. The van der Waals surface area contributed by atoms with Crippen molar-refractivity contribution in [1.82, 2.24) is 5.32 Å². The van der Waals surface area contributed by atoms with Crippen molar-refractivity contribution in [2.45, 2.75) is 19.0 Å². The number of aryl methyl sites for hydroxylation is 1. The second kappa shape index (κ2) is 6.90. The normalized spacial score (nSPS) is 14.6. The first-order valence-electron chi connectivity index (χ1n) is 5.90. The van der Waals surface area contributed by atoms with Crippen LogP contribution in [0.5, 0.6) is 0 Å². The molecule has 0 saturated heterocycles. The van der Waals surface area contributed by atoms with Gasteiger partial charge in [0.25, 0.3) is 0 Å². The number of amides is 1. The van der Waals surface area contributed by atoms with E-state index in [0.29, 0.717) is 12.8 Å². The highest BCUT2D eigenvalue weighted by atomic mass is 31.2. The van der Waals surface area contributed by atoms with Crippen LogP contribution < -0.4 is 5.32 Å². The van der Waals surface area contributed by atoms with E-state index in [4.69, 9.17) is 0 Å². The predicted octanol–water partition coefficient (Wildman–Crippen LogP) is 2.53. The standard InChI is InChI=1S/C12H15F3NO3P/c13-12(14,15)11(17)16-9-20(18,19)8-4-7-10-5-2-1-3-6-10/h1-3,5-6H,4,7-9H2,(H,16,17)(H,18,19). The van der Waals surface area contributed by atoms with Gasteiger partial charge in [-0.1, -0.05) is 30.3 Å². The smallest absolute Gasteiger partial charge is 0.343 e. The maximum absolute atomic E-state index is 11.9. The molecule has 4 nitrogen and oxygen atoms in total. The zero-order valence-corrected chi connectivity index (χ0v) is 11.5. The van der Waals surface area contributed by atoms with E-state index in [1.54, 1.807) is 0 Å². The van der Waals surface area contributed by atoms with Crippen molar-refractivity contribution in [1.29, 1.82) is 0 Å². The summed E-state index contributed by atoms with van der Waals surface area (Å²) in [5.74, 6) is -2.20. The quantitative estimate of drug-likeness (QED) is 0.794. The van der Waals surface area contributed by atoms with Crippen molar-refractivity contribution >= 4 is 13.3 Å². The Morgan fingerprint density at radius 2 is 1.85 bits per heavy atom. The van der Waals surface area contributed by atoms with Gasteiger partial charge in [0.15, 0.2) is 0 Å². The summed E-state index contributed by atoms with van der Waals surface area (Å²) in [4.78, 5) is 20.0. The van der Waals surface area contributed by atoms with Crippen LogP contribution in [0, 0.1) is 0 Å². The maximum Gasteiger partial charge on any atom is 0.471 e. The van der Waals surface area contributed by atoms with Gasteiger partial charge in [-0.15, -0.1) is 0 Å². The fourth-order valence-electron chi connectivity index (χ4n) is 1.55. The number of carbonyl (C=O) groups excluding carboxylic acids is 1. The molecule has 0 aliphatic carbocycles. The Balaban J connectivity index is 2.35. The van der Waals surface area contributed by atoms with Gasteiger partial charge < -0.3 is 10.2 Å². The summed E-state index contributed by atoms with van der Waals surface area (Å²) in [7, 11) is -3.78. The Hall–Kier alpha value is -1.33. The van der Waals surface area contributed by atoms with Crippen molar-refractivity contribution in [3.05, 3.63) is 35.9 Å². The average molecular weight is 309 g/mol. The van der Waals surface area contributed by atoms with Gasteiger partial charge in [-0.2, -0.15) is 13.2 Å². The Bertz CT molecular complexity index is 490. The molecule has 1 aromatic rings. The highest BCUT2D eigenvalue weighted by Gasteiger charge is 2.39. The van der Waals surface area contributed by atoms with Crippen LogP contribution in [-0.2, 0) is 15.8 Å². The first-order valence-corrected chi connectivity index (χ1v) is 7.93. The van der Waals surface area contributed by atoms with Crippen LogP contribution in [0.15, 0.2) is 30.3 Å². The average Bonchev–Trinajstić information content (AvgIpc) is 2.36. The lowest BCUT2D eigenvalue weighted by molar-refractivity contribution is -0.173. The van der Waals surface area contributed by atoms with Crippen LogP contribution in [0.4, 0.5) is 13.2 Å². The molecule has 0 bridgehead atoms. The van der Waals surface area contributed by atoms with E-state index in [1.807, 2.05) is 30.3 Å². The molecule has 1 amide bonds. The number of alkyl halides is 3. The highest BCUT2D eigenvalue weighted by Crippen LogP contribution is 2.40. The molecule has 0 aromatic heterocycles. The van der Waals surface area contributed by atoms with E-state index in [2.05, 4.69) is 0 Å². The van der Waals surface area contributed by atoms with Crippen LogP contribution in [0.25, 0.3) is 0 Å². The van der Waals surface area contributed by atoms with E-state index in [9.17, 15) is 27.4 Å². The van der Waals surface area contributed by atoms with Gasteiger partial charge in [0, 0.05) is 6.16 Å². The molecule has 20 heavy (non-hydrogen) atoms. The number of rotatable bonds is 6. The summed E-state index contributed by atoms with van der Waals surface area (Å²) in [5, 5.41) is 1.43. The summed E-state index contributed by atoms with van der Waals surface area (Å²) in [6.07, 6.45) is -5.12. The molecule has 1 atom stereocenters. The van der Waals surface area contributed by atoms with E-state index < -0.39 is 25.7 Å². The van der Waals surface area contributed by atoms with Gasteiger partial charge in [0.1, 0.15) is 0 Å². The number of halogens is 3. The summed E-state index contributed by atoms with van der Waals surface area (Å²) < 4.78 is 47.4. The third-order valence-corrected chi connectivity index (χ3v) is 4.23. The largest absolute Gasteiger partial charge is 0.471 e. The fourth-order valence-corrected chi connectivity index (χ4v) is 2.75. The molecule has 0 radical (unpaired) electrons. The SMILES string of the molecule is O=C(NCP(=O)(O)CCCc1ccccc1)C(F)(F)F. The van der Waals surface area contributed by atoms with Gasteiger partial charge in [-0.05, 0) is 18.4 Å². The molecule has 0 aliphatic rings. The van der Waals surface area contributed by atoms with Crippen molar-refractivity contribution in [2.75, 3.05) is 12.4 Å². The van der Waals surface area contributed by atoms with Gasteiger partial charge in [-0.25, -0.2) is 0 Å². The maximum atomic E-state index is 11.9. The van der Waals surface area contributed by atoms with Crippen LogP contribution in [0.3, 0.4) is 0 Å². The molecular weight excluding hydrogens is 294 g/mol. The number of carbonyl (C=O) groups is 1. The topological polar surface area (TPSA) is 66.4 Å². The second-order valence-electron chi connectivity index (χ2n) is 4.32. The van der Waals surface area contributed by atoms with Gasteiger partial charge >= 0.3 is 12.1 Å². The Morgan fingerprint density at radius 3 is 2.40 bits per heavy atom. The summed E-state index contributed by atoms with van der Waals surface area (Å²) in [6.45, 7) is 0. The van der Waals surface area contributed by atoms with E-state index >= 15 is 0 Å². The van der Waals surface area contributed by atoms with Gasteiger partial charge in [0.2, 0.25) is 7.37 Å².